The molecular formula is C14H20N4O2. The number of urea groups is 1. The van der Waals surface area contributed by atoms with Crippen LogP contribution in [-0.2, 0) is 4.79 Å². The number of benzene rings is 1. The van der Waals surface area contributed by atoms with E-state index in [1.807, 2.05) is 0 Å². The maximum Gasteiger partial charge on any atom is 0.316 e. The molecule has 0 atom stereocenters. The Morgan fingerprint density at radius 1 is 1.05 bits per heavy atom. The fraction of sp³-hybridized carbons (Fsp3) is 0.429. The Balaban J connectivity index is 1.89. The summed E-state index contributed by atoms with van der Waals surface area (Å²) >= 11 is 0. The number of hydrogen-bond acceptors (Lipinski definition) is 3. The first-order valence-corrected chi connectivity index (χ1v) is 6.72. The highest BCUT2D eigenvalue weighted by molar-refractivity contribution is 5.92. The summed E-state index contributed by atoms with van der Waals surface area (Å²) in [6.07, 6.45) is 4.34. The van der Waals surface area contributed by atoms with Crippen molar-refractivity contribution in [1.29, 1.82) is 0 Å². The highest BCUT2D eigenvalue weighted by Gasteiger charge is 2.31. The molecule has 0 aliphatic heterocycles. The molecule has 1 aromatic carbocycles. The van der Waals surface area contributed by atoms with Crippen LogP contribution < -0.4 is 22.1 Å². The van der Waals surface area contributed by atoms with Gasteiger partial charge >= 0.3 is 6.03 Å². The molecule has 0 heterocycles. The van der Waals surface area contributed by atoms with E-state index in [1.165, 1.54) is 0 Å². The molecule has 3 amide bonds. The molecule has 0 radical (unpaired) electrons. The van der Waals surface area contributed by atoms with Gasteiger partial charge in [-0.25, -0.2) is 4.79 Å². The number of rotatable bonds is 4. The molecule has 2 rings (SSSR count). The average Bonchev–Trinajstić information content (AvgIpc) is 2.77. The summed E-state index contributed by atoms with van der Waals surface area (Å²) in [6.45, 7) is 0. The van der Waals surface area contributed by atoms with Crippen molar-refractivity contribution in [3.63, 3.8) is 0 Å². The monoisotopic (exact) mass is 276 g/mol. The average molecular weight is 276 g/mol. The minimum atomic E-state index is -0.618. The third-order valence-electron chi connectivity index (χ3n) is 3.55. The van der Waals surface area contributed by atoms with Crippen LogP contribution in [0.25, 0.3) is 0 Å². The Hall–Kier alpha value is -2.08. The molecular weight excluding hydrogens is 256 g/mol. The van der Waals surface area contributed by atoms with Gasteiger partial charge in [0, 0.05) is 23.3 Å². The lowest BCUT2D eigenvalue weighted by Gasteiger charge is -2.22. The second-order valence-corrected chi connectivity index (χ2v) is 5.36. The van der Waals surface area contributed by atoms with Crippen LogP contribution in [0.4, 0.5) is 16.2 Å². The van der Waals surface area contributed by atoms with E-state index in [0.717, 1.165) is 25.7 Å². The number of primary amides is 1. The first-order valence-electron chi connectivity index (χ1n) is 6.72. The summed E-state index contributed by atoms with van der Waals surface area (Å²) in [5, 5.41) is 5.27. The SMILES string of the molecule is NC(=O)Nc1ccc(NC(=O)CC2(N)CCCC2)cc1. The smallest absolute Gasteiger partial charge is 0.316 e. The first-order chi connectivity index (χ1) is 9.47. The van der Waals surface area contributed by atoms with Crippen LogP contribution in [0, 0.1) is 0 Å². The molecule has 0 spiro atoms. The molecule has 20 heavy (non-hydrogen) atoms. The molecule has 1 fully saturated rings. The summed E-state index contributed by atoms with van der Waals surface area (Å²) in [7, 11) is 0. The lowest BCUT2D eigenvalue weighted by Crippen LogP contribution is -2.40. The van der Waals surface area contributed by atoms with Gasteiger partial charge in [0.1, 0.15) is 0 Å². The molecule has 108 valence electrons. The topological polar surface area (TPSA) is 110 Å². The summed E-state index contributed by atoms with van der Waals surface area (Å²) in [6, 6.07) is 6.15. The van der Waals surface area contributed by atoms with Crippen molar-refractivity contribution in [3.8, 4) is 0 Å². The minimum Gasteiger partial charge on any atom is -0.351 e. The van der Waals surface area contributed by atoms with E-state index in [-0.39, 0.29) is 11.4 Å². The van der Waals surface area contributed by atoms with Gasteiger partial charge < -0.3 is 22.1 Å². The van der Waals surface area contributed by atoms with Crippen LogP contribution in [-0.4, -0.2) is 17.5 Å². The Labute approximate surface area is 117 Å². The summed E-state index contributed by atoms with van der Waals surface area (Å²) in [5.41, 5.74) is 12.1. The third-order valence-corrected chi connectivity index (χ3v) is 3.55. The fourth-order valence-electron chi connectivity index (χ4n) is 2.56. The highest BCUT2D eigenvalue weighted by atomic mass is 16.2. The lowest BCUT2D eigenvalue weighted by atomic mass is 9.94. The fourth-order valence-corrected chi connectivity index (χ4v) is 2.56. The van der Waals surface area contributed by atoms with E-state index in [2.05, 4.69) is 10.6 Å². The van der Waals surface area contributed by atoms with Crippen LogP contribution in [0.1, 0.15) is 32.1 Å². The van der Waals surface area contributed by atoms with E-state index in [0.29, 0.717) is 17.8 Å². The van der Waals surface area contributed by atoms with Crippen LogP contribution in [0.2, 0.25) is 0 Å². The van der Waals surface area contributed by atoms with Gasteiger partial charge in [-0.05, 0) is 37.1 Å². The second-order valence-electron chi connectivity index (χ2n) is 5.36. The van der Waals surface area contributed by atoms with Gasteiger partial charge in [0.2, 0.25) is 5.91 Å². The predicted molar refractivity (Wildman–Crippen MR) is 78.3 cm³/mol. The molecule has 0 aromatic heterocycles. The molecule has 1 aliphatic rings. The Bertz CT molecular complexity index is 492. The van der Waals surface area contributed by atoms with Crippen molar-refractivity contribution in [2.75, 3.05) is 10.6 Å². The van der Waals surface area contributed by atoms with Gasteiger partial charge in [-0.1, -0.05) is 12.8 Å². The molecule has 6 heteroatoms. The van der Waals surface area contributed by atoms with Crippen LogP contribution in [0.15, 0.2) is 24.3 Å². The predicted octanol–water partition coefficient (Wildman–Crippen LogP) is 1.78. The quantitative estimate of drug-likeness (QED) is 0.672. The third kappa shape index (κ3) is 3.96. The Morgan fingerprint density at radius 3 is 2.05 bits per heavy atom. The maximum absolute atomic E-state index is 12.0. The normalized spacial score (nSPS) is 16.6. The van der Waals surface area contributed by atoms with E-state index >= 15 is 0 Å². The van der Waals surface area contributed by atoms with Crippen LogP contribution in [0.5, 0.6) is 0 Å². The van der Waals surface area contributed by atoms with E-state index in [4.69, 9.17) is 11.5 Å². The largest absolute Gasteiger partial charge is 0.351 e. The van der Waals surface area contributed by atoms with Crippen LogP contribution >= 0.6 is 0 Å². The summed E-state index contributed by atoms with van der Waals surface area (Å²) in [5.74, 6) is -0.0787. The van der Waals surface area contributed by atoms with Gasteiger partial charge in [0.15, 0.2) is 0 Å². The standard InChI is InChI=1S/C14H20N4O2/c15-13(20)18-11-5-3-10(4-6-11)17-12(19)9-14(16)7-1-2-8-14/h3-6H,1-2,7-9,16H2,(H,17,19)(H3,15,18,20). The molecule has 1 aliphatic carbocycles. The van der Waals surface area contributed by atoms with Gasteiger partial charge in [-0.3, -0.25) is 4.79 Å². The van der Waals surface area contributed by atoms with E-state index < -0.39 is 6.03 Å². The van der Waals surface area contributed by atoms with Crippen molar-refractivity contribution in [1.82, 2.24) is 0 Å². The molecule has 0 saturated heterocycles. The molecule has 0 unspecified atom stereocenters. The molecule has 1 saturated carbocycles. The van der Waals surface area contributed by atoms with Crippen molar-refractivity contribution < 1.29 is 9.59 Å². The maximum atomic E-state index is 12.0. The minimum absolute atomic E-state index is 0.0787. The molecule has 0 bridgehead atoms. The first kappa shape index (κ1) is 14.3. The van der Waals surface area contributed by atoms with Gasteiger partial charge in [-0.15, -0.1) is 0 Å². The lowest BCUT2D eigenvalue weighted by molar-refractivity contribution is -0.117. The number of nitrogens with one attached hydrogen (secondary N) is 2. The van der Waals surface area contributed by atoms with Crippen molar-refractivity contribution >= 4 is 23.3 Å². The second kappa shape index (κ2) is 5.92. The van der Waals surface area contributed by atoms with Crippen LogP contribution in [0.3, 0.4) is 0 Å². The molecule has 1 aromatic rings. The number of carbonyl (C=O) groups excluding carboxylic acids is 2. The van der Waals surface area contributed by atoms with Gasteiger partial charge in [-0.2, -0.15) is 0 Å². The summed E-state index contributed by atoms with van der Waals surface area (Å²) < 4.78 is 0. The zero-order valence-corrected chi connectivity index (χ0v) is 11.3. The highest BCUT2D eigenvalue weighted by Crippen LogP contribution is 2.30. The van der Waals surface area contributed by atoms with Crippen molar-refractivity contribution in [2.45, 2.75) is 37.6 Å². The van der Waals surface area contributed by atoms with Crippen molar-refractivity contribution in [3.05, 3.63) is 24.3 Å². The number of carbonyl (C=O) groups is 2. The Morgan fingerprint density at radius 2 is 1.55 bits per heavy atom. The van der Waals surface area contributed by atoms with E-state index in [9.17, 15) is 9.59 Å². The Kier molecular flexibility index (Phi) is 4.24. The zero-order valence-electron chi connectivity index (χ0n) is 11.3. The number of hydrogen-bond donors (Lipinski definition) is 4. The van der Waals surface area contributed by atoms with Crippen molar-refractivity contribution in [2.24, 2.45) is 11.5 Å². The zero-order chi connectivity index (χ0) is 14.6. The van der Waals surface area contributed by atoms with Gasteiger partial charge in [0.25, 0.3) is 0 Å². The molecule has 6 N–H and O–H groups in total. The number of anilines is 2. The number of amides is 3. The molecule has 6 nitrogen and oxygen atoms in total. The number of nitrogens with two attached hydrogens (primary N) is 2. The van der Waals surface area contributed by atoms with Gasteiger partial charge in [0.05, 0.1) is 0 Å². The summed E-state index contributed by atoms with van der Waals surface area (Å²) in [4.78, 5) is 22.6. The van der Waals surface area contributed by atoms with E-state index in [1.54, 1.807) is 24.3 Å².